The molecular weight excluding hydrogens is 432 g/mol. The number of nitrogen functional groups attached to an aromatic ring is 1. The van der Waals surface area contributed by atoms with Gasteiger partial charge >= 0.3 is 6.01 Å². The van der Waals surface area contributed by atoms with Crippen LogP contribution in [-0.4, -0.2) is 44.8 Å². The second kappa shape index (κ2) is 8.71. The maximum absolute atomic E-state index is 5.94. The van der Waals surface area contributed by atoms with Gasteiger partial charge in [0, 0.05) is 18.8 Å². The molecule has 2 aromatic carbocycles. The molecule has 0 amide bonds. The van der Waals surface area contributed by atoms with E-state index in [1.54, 1.807) is 0 Å². The third-order valence-electron chi connectivity index (χ3n) is 6.36. The topological polar surface area (TPSA) is 128 Å². The minimum atomic E-state index is 0.0792. The summed E-state index contributed by atoms with van der Waals surface area (Å²) < 4.78 is 11.5. The minimum absolute atomic E-state index is 0.0792. The predicted octanol–water partition coefficient (Wildman–Crippen LogP) is 3.15. The first-order valence-electron chi connectivity index (χ1n) is 11.3. The van der Waals surface area contributed by atoms with Gasteiger partial charge in [0.05, 0.1) is 13.2 Å². The van der Waals surface area contributed by atoms with Gasteiger partial charge in [-0.1, -0.05) is 53.7 Å². The standard InChI is InChI=1S/C24H24N8O2/c25-22-27-20(28-23(30-22)26-16-9-5-2-6-10-16)21-29-24(34-31-21)32-11-17-18(12-32)19(17)14-33-13-15-7-3-1-4-8-15/h1-10,17-19H,11-14H2,(H3,25,26,27,28,30)/t17-,18+,19?. The Morgan fingerprint density at radius 1 is 0.912 bits per heavy atom. The van der Waals surface area contributed by atoms with Crippen molar-refractivity contribution in [2.45, 2.75) is 6.61 Å². The van der Waals surface area contributed by atoms with E-state index in [9.17, 15) is 0 Å². The average Bonchev–Trinajstić information content (AvgIpc) is 3.23. The molecule has 4 aromatic rings. The van der Waals surface area contributed by atoms with Crippen LogP contribution < -0.4 is 16.0 Å². The largest absolute Gasteiger partial charge is 0.376 e. The number of aromatic nitrogens is 5. The lowest BCUT2D eigenvalue weighted by Gasteiger charge is -2.16. The van der Waals surface area contributed by atoms with Gasteiger partial charge in [-0.2, -0.15) is 19.9 Å². The summed E-state index contributed by atoms with van der Waals surface area (Å²) in [7, 11) is 0. The zero-order valence-electron chi connectivity index (χ0n) is 18.4. The molecule has 1 saturated heterocycles. The van der Waals surface area contributed by atoms with Crippen LogP contribution in [0, 0.1) is 17.8 Å². The van der Waals surface area contributed by atoms with Gasteiger partial charge in [0.15, 0.2) is 0 Å². The Labute approximate surface area is 196 Å². The normalized spacial score (nSPS) is 20.8. The number of para-hydroxylation sites is 1. The number of rotatable bonds is 8. The molecule has 2 aliphatic rings. The molecule has 3 heterocycles. The van der Waals surface area contributed by atoms with Crippen molar-refractivity contribution in [1.29, 1.82) is 0 Å². The fourth-order valence-corrected chi connectivity index (χ4v) is 4.57. The van der Waals surface area contributed by atoms with E-state index in [2.05, 4.69) is 47.4 Å². The second-order valence-corrected chi connectivity index (χ2v) is 8.63. The van der Waals surface area contributed by atoms with Gasteiger partial charge in [0.25, 0.3) is 0 Å². The fourth-order valence-electron chi connectivity index (χ4n) is 4.57. The third kappa shape index (κ3) is 4.27. The van der Waals surface area contributed by atoms with Gasteiger partial charge in [-0.05, 0) is 35.4 Å². The molecule has 172 valence electrons. The zero-order chi connectivity index (χ0) is 22.9. The van der Waals surface area contributed by atoms with E-state index < -0.39 is 0 Å². The lowest BCUT2D eigenvalue weighted by Crippen LogP contribution is -2.25. The van der Waals surface area contributed by atoms with Gasteiger partial charge in [-0.25, -0.2) is 0 Å². The zero-order valence-corrected chi connectivity index (χ0v) is 18.4. The Kier molecular flexibility index (Phi) is 5.27. The number of ether oxygens (including phenoxy) is 1. The van der Waals surface area contributed by atoms with E-state index in [1.807, 2.05) is 48.5 Å². The molecule has 0 bridgehead atoms. The van der Waals surface area contributed by atoms with Crippen molar-refractivity contribution < 1.29 is 9.26 Å². The average molecular weight is 457 g/mol. The molecule has 2 aromatic heterocycles. The van der Waals surface area contributed by atoms with Crippen LogP contribution in [0.2, 0.25) is 0 Å². The fraction of sp³-hybridized carbons (Fsp3) is 0.292. The number of fused-ring (bicyclic) bond motifs is 1. The highest BCUT2D eigenvalue weighted by Crippen LogP contribution is 2.52. The van der Waals surface area contributed by atoms with Gasteiger partial charge in [-0.15, -0.1) is 0 Å². The predicted molar refractivity (Wildman–Crippen MR) is 126 cm³/mol. The van der Waals surface area contributed by atoms with Gasteiger partial charge in [-0.3, -0.25) is 0 Å². The molecule has 0 spiro atoms. The maximum Gasteiger partial charge on any atom is 0.324 e. The SMILES string of the molecule is Nc1nc(Nc2ccccc2)nc(-c2noc(N3C[C@@H]4C(COCc5ccccc5)[C@@H]4C3)n2)n1. The van der Waals surface area contributed by atoms with E-state index in [4.69, 9.17) is 15.0 Å². The Bertz CT molecular complexity index is 1250. The van der Waals surface area contributed by atoms with Crippen LogP contribution in [-0.2, 0) is 11.3 Å². The Morgan fingerprint density at radius 3 is 2.41 bits per heavy atom. The number of benzene rings is 2. The van der Waals surface area contributed by atoms with E-state index in [0.717, 1.165) is 25.4 Å². The lowest BCUT2D eigenvalue weighted by molar-refractivity contribution is 0.104. The first-order valence-corrected chi connectivity index (χ1v) is 11.3. The van der Waals surface area contributed by atoms with Crippen molar-refractivity contribution in [3.63, 3.8) is 0 Å². The van der Waals surface area contributed by atoms with Crippen molar-refractivity contribution in [3.05, 3.63) is 66.2 Å². The molecule has 3 N–H and O–H groups in total. The van der Waals surface area contributed by atoms with Crippen molar-refractivity contribution in [1.82, 2.24) is 25.1 Å². The summed E-state index contributed by atoms with van der Waals surface area (Å²) in [6.07, 6.45) is 0. The van der Waals surface area contributed by atoms with Gasteiger partial charge < -0.3 is 25.2 Å². The van der Waals surface area contributed by atoms with Crippen molar-refractivity contribution >= 4 is 23.6 Å². The summed E-state index contributed by atoms with van der Waals surface area (Å²) in [5.41, 5.74) is 7.93. The molecule has 0 radical (unpaired) electrons. The Balaban J connectivity index is 1.06. The number of piperidine rings is 1. The maximum atomic E-state index is 5.94. The summed E-state index contributed by atoms with van der Waals surface area (Å²) in [5, 5.41) is 7.18. The molecule has 34 heavy (non-hydrogen) atoms. The molecule has 1 unspecified atom stereocenters. The minimum Gasteiger partial charge on any atom is -0.376 e. The molecular formula is C24H24N8O2. The van der Waals surface area contributed by atoms with E-state index in [1.165, 1.54) is 5.56 Å². The smallest absolute Gasteiger partial charge is 0.324 e. The monoisotopic (exact) mass is 456 g/mol. The Morgan fingerprint density at radius 2 is 1.65 bits per heavy atom. The highest BCUT2D eigenvalue weighted by Gasteiger charge is 2.56. The molecule has 3 atom stereocenters. The van der Waals surface area contributed by atoms with Crippen LogP contribution in [0.4, 0.5) is 23.6 Å². The quantitative estimate of drug-likeness (QED) is 0.408. The summed E-state index contributed by atoms with van der Waals surface area (Å²) in [5.74, 6) is 2.73. The van der Waals surface area contributed by atoms with Crippen molar-refractivity contribution in [2.24, 2.45) is 17.8 Å². The number of anilines is 4. The summed E-state index contributed by atoms with van der Waals surface area (Å²) in [6.45, 7) is 3.20. The summed E-state index contributed by atoms with van der Waals surface area (Å²) in [6, 6.07) is 20.3. The van der Waals surface area contributed by atoms with Crippen molar-refractivity contribution in [2.75, 3.05) is 35.6 Å². The van der Waals surface area contributed by atoms with Gasteiger partial charge in [0.1, 0.15) is 0 Å². The molecule has 1 aliphatic carbocycles. The molecule has 10 nitrogen and oxygen atoms in total. The molecule has 2 fully saturated rings. The van der Waals surface area contributed by atoms with Crippen LogP contribution in [0.25, 0.3) is 11.6 Å². The lowest BCUT2D eigenvalue weighted by atomic mass is 10.2. The van der Waals surface area contributed by atoms with Crippen LogP contribution in [0.15, 0.2) is 65.2 Å². The number of nitrogens with zero attached hydrogens (tertiary/aromatic N) is 6. The highest BCUT2D eigenvalue weighted by molar-refractivity contribution is 5.57. The van der Waals surface area contributed by atoms with Crippen LogP contribution in [0.3, 0.4) is 0 Å². The molecule has 10 heteroatoms. The third-order valence-corrected chi connectivity index (χ3v) is 6.36. The van der Waals surface area contributed by atoms with Crippen LogP contribution >= 0.6 is 0 Å². The number of hydrogen-bond donors (Lipinski definition) is 2. The Hall–Kier alpha value is -4.05. The van der Waals surface area contributed by atoms with Crippen molar-refractivity contribution in [3.8, 4) is 11.6 Å². The van der Waals surface area contributed by atoms with Gasteiger partial charge in [0.2, 0.25) is 23.5 Å². The molecule has 1 aliphatic heterocycles. The number of hydrogen-bond acceptors (Lipinski definition) is 10. The number of nitrogens with two attached hydrogens (primary N) is 1. The van der Waals surface area contributed by atoms with E-state index in [0.29, 0.717) is 36.3 Å². The first kappa shape index (κ1) is 20.5. The first-order chi connectivity index (χ1) is 16.7. The van der Waals surface area contributed by atoms with Crippen LogP contribution in [0.5, 0.6) is 0 Å². The summed E-state index contributed by atoms with van der Waals surface area (Å²) in [4.78, 5) is 19.4. The molecule has 1 saturated carbocycles. The highest BCUT2D eigenvalue weighted by atomic mass is 16.5. The van der Waals surface area contributed by atoms with E-state index in [-0.39, 0.29) is 17.6 Å². The molecule has 6 rings (SSSR count). The van der Waals surface area contributed by atoms with Crippen LogP contribution in [0.1, 0.15) is 5.56 Å². The number of nitrogens with one attached hydrogen (secondary N) is 1. The summed E-state index contributed by atoms with van der Waals surface area (Å²) >= 11 is 0. The van der Waals surface area contributed by atoms with E-state index >= 15 is 0 Å². The second-order valence-electron chi connectivity index (χ2n) is 8.63.